The Kier molecular flexibility index (Phi) is 3.23. The van der Waals surface area contributed by atoms with E-state index in [0.717, 1.165) is 0 Å². The van der Waals surface area contributed by atoms with Crippen LogP contribution in [-0.2, 0) is 9.59 Å². The normalized spacial score (nSPS) is 23.0. The average molecular weight is 289 g/mol. The Hall–Kier alpha value is -1.66. The van der Waals surface area contributed by atoms with Crippen LogP contribution in [0.1, 0.15) is 11.5 Å². The summed E-state index contributed by atoms with van der Waals surface area (Å²) >= 11 is 11.5. The van der Waals surface area contributed by atoms with E-state index in [-0.39, 0.29) is 10.7 Å². The second-order valence-corrected chi connectivity index (χ2v) is 4.58. The van der Waals surface area contributed by atoms with E-state index >= 15 is 0 Å². The van der Waals surface area contributed by atoms with E-state index in [1.165, 1.54) is 18.2 Å². The van der Waals surface area contributed by atoms with Gasteiger partial charge in [-0.3, -0.25) is 25.0 Å². The molecule has 0 saturated carbocycles. The number of hydrogen-bond donors (Lipinski definition) is 1. The molecule has 1 heterocycles. The molecular weight excluding hydrogens is 283 g/mol. The first kappa shape index (κ1) is 12.8. The summed E-state index contributed by atoms with van der Waals surface area (Å²) in [5.74, 6) is -2.00. The summed E-state index contributed by atoms with van der Waals surface area (Å²) in [4.78, 5) is 32.7. The van der Waals surface area contributed by atoms with Crippen LogP contribution in [0.2, 0.25) is 5.02 Å². The minimum Gasteiger partial charge on any atom is -0.295 e. The van der Waals surface area contributed by atoms with Gasteiger partial charge in [-0.25, -0.2) is 0 Å². The Morgan fingerprint density at radius 2 is 1.94 bits per heavy atom. The molecule has 1 aliphatic heterocycles. The van der Waals surface area contributed by atoms with E-state index in [1.54, 1.807) is 0 Å². The van der Waals surface area contributed by atoms with Crippen molar-refractivity contribution in [2.45, 2.75) is 11.3 Å². The lowest BCUT2D eigenvalue weighted by molar-refractivity contribution is -0.384. The second-order valence-electron chi connectivity index (χ2n) is 3.70. The molecule has 1 N–H and O–H groups in total. The van der Waals surface area contributed by atoms with Crippen LogP contribution in [-0.4, -0.2) is 22.1 Å². The van der Waals surface area contributed by atoms with Gasteiger partial charge >= 0.3 is 0 Å². The highest BCUT2D eigenvalue weighted by Gasteiger charge is 2.41. The number of rotatable bonds is 2. The average Bonchev–Trinajstić information content (AvgIpc) is 2.52. The number of alkyl halides is 1. The van der Waals surface area contributed by atoms with E-state index in [0.29, 0.717) is 5.56 Å². The highest BCUT2D eigenvalue weighted by Crippen LogP contribution is 2.33. The van der Waals surface area contributed by atoms with E-state index in [4.69, 9.17) is 23.2 Å². The number of nitrogens with one attached hydrogen (secondary N) is 1. The number of benzene rings is 1. The van der Waals surface area contributed by atoms with Crippen molar-refractivity contribution in [3.8, 4) is 0 Å². The van der Waals surface area contributed by atoms with Gasteiger partial charge in [0.2, 0.25) is 11.8 Å². The summed E-state index contributed by atoms with van der Waals surface area (Å²) in [5, 5.41) is 11.5. The fourth-order valence-corrected chi connectivity index (χ4v) is 2.31. The predicted molar refractivity (Wildman–Crippen MR) is 63.6 cm³/mol. The van der Waals surface area contributed by atoms with Crippen molar-refractivity contribution in [1.82, 2.24) is 5.32 Å². The van der Waals surface area contributed by atoms with Gasteiger partial charge in [0.05, 0.1) is 10.8 Å². The van der Waals surface area contributed by atoms with Gasteiger partial charge in [-0.2, -0.15) is 0 Å². The van der Waals surface area contributed by atoms with E-state index < -0.39 is 28.0 Å². The third-order valence-electron chi connectivity index (χ3n) is 2.60. The second kappa shape index (κ2) is 4.55. The van der Waals surface area contributed by atoms with Gasteiger partial charge in [-0.1, -0.05) is 17.7 Å². The largest absolute Gasteiger partial charge is 0.295 e. The number of carbonyl (C=O) groups excluding carboxylic acids is 2. The van der Waals surface area contributed by atoms with Crippen molar-refractivity contribution in [2.24, 2.45) is 0 Å². The summed E-state index contributed by atoms with van der Waals surface area (Å²) in [6.07, 6.45) is 0. The number of carbonyl (C=O) groups is 2. The monoisotopic (exact) mass is 288 g/mol. The van der Waals surface area contributed by atoms with E-state index in [9.17, 15) is 19.7 Å². The SMILES string of the molecule is O=C1NC(=O)C(c2ccc([N+](=O)[O-])c(Cl)c2)C1Cl. The Bertz CT molecular complexity index is 561. The zero-order valence-corrected chi connectivity index (χ0v) is 10.2. The first-order chi connectivity index (χ1) is 8.41. The zero-order chi connectivity index (χ0) is 13.4. The molecule has 94 valence electrons. The molecule has 6 nitrogen and oxygen atoms in total. The van der Waals surface area contributed by atoms with Crippen molar-refractivity contribution < 1.29 is 14.5 Å². The minimum atomic E-state index is -1.03. The molecule has 1 aliphatic rings. The molecule has 1 aromatic rings. The van der Waals surface area contributed by atoms with Crippen molar-refractivity contribution >= 4 is 40.7 Å². The molecule has 0 aliphatic carbocycles. The van der Waals surface area contributed by atoms with Crippen LogP contribution >= 0.6 is 23.2 Å². The lowest BCUT2D eigenvalue weighted by atomic mass is 9.97. The van der Waals surface area contributed by atoms with Gasteiger partial charge in [-0.05, 0) is 11.6 Å². The van der Waals surface area contributed by atoms with E-state index in [2.05, 4.69) is 5.32 Å². The molecule has 1 fully saturated rings. The maximum Gasteiger partial charge on any atom is 0.287 e. The number of hydrogen-bond acceptors (Lipinski definition) is 4. The van der Waals surface area contributed by atoms with Crippen LogP contribution in [0.4, 0.5) is 5.69 Å². The van der Waals surface area contributed by atoms with Gasteiger partial charge in [0, 0.05) is 6.07 Å². The first-order valence-electron chi connectivity index (χ1n) is 4.84. The predicted octanol–water partition coefficient (Wildman–Crippen LogP) is 1.60. The molecule has 0 spiro atoms. The maximum atomic E-state index is 11.5. The van der Waals surface area contributed by atoms with E-state index in [1.807, 2.05) is 0 Å². The highest BCUT2D eigenvalue weighted by atomic mass is 35.5. The van der Waals surface area contributed by atoms with Gasteiger partial charge < -0.3 is 0 Å². The summed E-state index contributed by atoms with van der Waals surface area (Å²) in [7, 11) is 0. The molecule has 18 heavy (non-hydrogen) atoms. The molecule has 2 unspecified atom stereocenters. The number of halogens is 2. The molecule has 0 bridgehead atoms. The summed E-state index contributed by atoms with van der Waals surface area (Å²) < 4.78 is 0. The molecule has 0 radical (unpaired) electrons. The number of amides is 2. The van der Waals surface area contributed by atoms with Gasteiger partial charge in [0.15, 0.2) is 0 Å². The Labute approximate surface area is 111 Å². The number of nitro groups is 1. The highest BCUT2D eigenvalue weighted by molar-refractivity contribution is 6.37. The smallest absolute Gasteiger partial charge is 0.287 e. The van der Waals surface area contributed by atoms with Crippen LogP contribution in [0.3, 0.4) is 0 Å². The van der Waals surface area contributed by atoms with Crippen LogP contribution in [0, 0.1) is 10.1 Å². The topological polar surface area (TPSA) is 89.3 Å². The Morgan fingerprint density at radius 3 is 2.39 bits per heavy atom. The van der Waals surface area contributed by atoms with Gasteiger partial charge in [-0.15, -0.1) is 11.6 Å². The third-order valence-corrected chi connectivity index (χ3v) is 3.35. The Morgan fingerprint density at radius 1 is 1.28 bits per heavy atom. The maximum absolute atomic E-state index is 11.5. The molecule has 2 rings (SSSR count). The Balaban J connectivity index is 2.41. The number of nitro benzene ring substituents is 1. The lowest BCUT2D eigenvalue weighted by Crippen LogP contribution is -2.22. The standard InChI is InChI=1S/C10H6Cl2N2O4/c11-5-3-4(1-2-6(5)14(17)18)7-8(12)10(16)13-9(7)15/h1-3,7-8H,(H,13,15,16). The van der Waals surface area contributed by atoms with Crippen molar-refractivity contribution in [2.75, 3.05) is 0 Å². The fourth-order valence-electron chi connectivity index (χ4n) is 1.74. The van der Waals surface area contributed by atoms with Crippen LogP contribution in [0.5, 0.6) is 0 Å². The first-order valence-corrected chi connectivity index (χ1v) is 5.66. The van der Waals surface area contributed by atoms with Crippen molar-refractivity contribution in [3.63, 3.8) is 0 Å². The van der Waals surface area contributed by atoms with Crippen LogP contribution in [0.15, 0.2) is 18.2 Å². The summed E-state index contributed by atoms with van der Waals surface area (Å²) in [6, 6.07) is 3.82. The van der Waals surface area contributed by atoms with Crippen LogP contribution < -0.4 is 5.32 Å². The number of nitrogens with zero attached hydrogens (tertiary/aromatic N) is 1. The molecule has 2 atom stereocenters. The summed E-state index contributed by atoms with van der Waals surface area (Å²) in [6.45, 7) is 0. The van der Waals surface area contributed by atoms with Crippen LogP contribution in [0.25, 0.3) is 0 Å². The zero-order valence-electron chi connectivity index (χ0n) is 8.72. The summed E-state index contributed by atoms with van der Waals surface area (Å²) in [5.41, 5.74) is 0.102. The molecule has 8 heteroatoms. The number of imide groups is 1. The lowest BCUT2D eigenvalue weighted by Gasteiger charge is -2.10. The van der Waals surface area contributed by atoms with Crippen molar-refractivity contribution in [1.29, 1.82) is 0 Å². The third kappa shape index (κ3) is 2.04. The molecule has 1 saturated heterocycles. The van der Waals surface area contributed by atoms with Crippen molar-refractivity contribution in [3.05, 3.63) is 38.9 Å². The molecule has 0 aromatic heterocycles. The molecular formula is C10H6Cl2N2O4. The van der Waals surface area contributed by atoms with Gasteiger partial charge in [0.25, 0.3) is 5.69 Å². The fraction of sp³-hybridized carbons (Fsp3) is 0.200. The van der Waals surface area contributed by atoms with Gasteiger partial charge in [0.1, 0.15) is 10.4 Å². The molecule has 2 amide bonds. The quantitative estimate of drug-likeness (QED) is 0.387. The molecule has 1 aromatic carbocycles. The minimum absolute atomic E-state index is 0.103.